The van der Waals surface area contributed by atoms with Crippen molar-refractivity contribution in [3.63, 3.8) is 0 Å². The standard InChI is InChI=1S/C8H13NO3S2/c10-7-8(1-2-8)14(11,12)9-3-5-13-6-4-9/h7H,1-6H2. The fraction of sp³-hybridized carbons (Fsp3) is 0.875. The zero-order valence-electron chi connectivity index (χ0n) is 7.81. The van der Waals surface area contributed by atoms with Crippen LogP contribution in [0.15, 0.2) is 0 Å². The van der Waals surface area contributed by atoms with Gasteiger partial charge in [0.1, 0.15) is 11.0 Å². The number of aldehydes is 1. The van der Waals surface area contributed by atoms with Crippen molar-refractivity contribution in [3.8, 4) is 0 Å². The molecule has 0 aromatic carbocycles. The van der Waals surface area contributed by atoms with Crippen LogP contribution in [0.3, 0.4) is 0 Å². The summed E-state index contributed by atoms with van der Waals surface area (Å²) in [6.07, 6.45) is 1.62. The van der Waals surface area contributed by atoms with Gasteiger partial charge in [-0.3, -0.25) is 0 Å². The Labute approximate surface area is 88.1 Å². The Balaban J connectivity index is 2.19. The Morgan fingerprint density at radius 1 is 1.21 bits per heavy atom. The maximum Gasteiger partial charge on any atom is 0.226 e. The molecule has 14 heavy (non-hydrogen) atoms. The Hall–Kier alpha value is -0.0700. The molecule has 2 fully saturated rings. The molecule has 1 heterocycles. The van der Waals surface area contributed by atoms with E-state index >= 15 is 0 Å². The summed E-state index contributed by atoms with van der Waals surface area (Å²) >= 11 is 1.76. The summed E-state index contributed by atoms with van der Waals surface area (Å²) < 4.78 is 24.4. The zero-order valence-corrected chi connectivity index (χ0v) is 9.44. The SMILES string of the molecule is O=CC1(S(=O)(=O)N2CCSCC2)CC1. The highest BCUT2D eigenvalue weighted by molar-refractivity contribution is 7.99. The lowest BCUT2D eigenvalue weighted by Crippen LogP contribution is -2.45. The largest absolute Gasteiger partial charge is 0.302 e. The molecule has 80 valence electrons. The van der Waals surface area contributed by atoms with E-state index in [1.165, 1.54) is 4.31 Å². The van der Waals surface area contributed by atoms with E-state index < -0.39 is 14.8 Å². The third-order valence-corrected chi connectivity index (χ3v) is 6.30. The van der Waals surface area contributed by atoms with Crippen molar-refractivity contribution in [3.05, 3.63) is 0 Å². The van der Waals surface area contributed by atoms with Gasteiger partial charge in [0.05, 0.1) is 0 Å². The van der Waals surface area contributed by atoms with Crippen LogP contribution >= 0.6 is 11.8 Å². The van der Waals surface area contributed by atoms with Gasteiger partial charge >= 0.3 is 0 Å². The van der Waals surface area contributed by atoms with Gasteiger partial charge in [0.2, 0.25) is 10.0 Å². The highest BCUT2D eigenvalue weighted by Crippen LogP contribution is 2.43. The quantitative estimate of drug-likeness (QED) is 0.651. The number of carbonyl (C=O) groups excluding carboxylic acids is 1. The number of hydrogen-bond acceptors (Lipinski definition) is 4. The van der Waals surface area contributed by atoms with Gasteiger partial charge in [-0.15, -0.1) is 0 Å². The van der Waals surface area contributed by atoms with E-state index in [-0.39, 0.29) is 0 Å². The van der Waals surface area contributed by atoms with Gasteiger partial charge < -0.3 is 4.79 Å². The van der Waals surface area contributed by atoms with Crippen LogP contribution in [-0.4, -0.2) is 48.4 Å². The van der Waals surface area contributed by atoms with Crippen LogP contribution in [0.1, 0.15) is 12.8 Å². The highest BCUT2D eigenvalue weighted by Gasteiger charge is 2.57. The molecule has 4 nitrogen and oxygen atoms in total. The lowest BCUT2D eigenvalue weighted by Gasteiger charge is -2.27. The molecule has 0 atom stereocenters. The van der Waals surface area contributed by atoms with Crippen LogP contribution in [0, 0.1) is 0 Å². The maximum absolute atomic E-state index is 12.0. The van der Waals surface area contributed by atoms with Crippen molar-refractivity contribution in [2.75, 3.05) is 24.6 Å². The molecule has 0 aromatic heterocycles. The van der Waals surface area contributed by atoms with E-state index in [4.69, 9.17) is 0 Å². The van der Waals surface area contributed by atoms with Crippen molar-refractivity contribution >= 4 is 28.1 Å². The number of carbonyl (C=O) groups is 1. The topological polar surface area (TPSA) is 54.5 Å². The molecule has 1 saturated heterocycles. The second kappa shape index (κ2) is 3.50. The van der Waals surface area contributed by atoms with Crippen LogP contribution in [0.5, 0.6) is 0 Å². The predicted molar refractivity (Wildman–Crippen MR) is 55.8 cm³/mol. The molecule has 2 aliphatic rings. The van der Waals surface area contributed by atoms with Gasteiger partial charge in [0.15, 0.2) is 0 Å². The summed E-state index contributed by atoms with van der Waals surface area (Å²) in [7, 11) is -3.35. The maximum atomic E-state index is 12.0. The highest BCUT2D eigenvalue weighted by atomic mass is 32.2. The zero-order chi connectivity index (χ0) is 10.2. The minimum absolute atomic E-state index is 0.502. The van der Waals surface area contributed by atoms with Crippen LogP contribution < -0.4 is 0 Å². The molecule has 0 spiro atoms. The minimum atomic E-state index is -3.35. The molecule has 0 aromatic rings. The molecule has 1 aliphatic heterocycles. The average molecular weight is 235 g/mol. The normalized spacial score (nSPS) is 27.1. The monoisotopic (exact) mass is 235 g/mol. The van der Waals surface area contributed by atoms with Crippen molar-refractivity contribution in [1.29, 1.82) is 0 Å². The first kappa shape index (κ1) is 10.4. The summed E-state index contributed by atoms with van der Waals surface area (Å²) in [4.78, 5) is 10.8. The molecular formula is C8H13NO3S2. The van der Waals surface area contributed by atoms with Gasteiger partial charge in [-0.05, 0) is 12.8 Å². The third-order valence-electron chi connectivity index (χ3n) is 2.78. The van der Waals surface area contributed by atoms with Crippen molar-refractivity contribution in [2.24, 2.45) is 0 Å². The molecule has 0 N–H and O–H groups in total. The number of thioether (sulfide) groups is 1. The predicted octanol–water partition coefficient (Wildman–Crippen LogP) is 0.0965. The summed E-state index contributed by atoms with van der Waals surface area (Å²) in [5.41, 5.74) is 0. The summed E-state index contributed by atoms with van der Waals surface area (Å²) in [6.45, 7) is 1.12. The number of hydrogen-bond donors (Lipinski definition) is 0. The van der Waals surface area contributed by atoms with Gasteiger partial charge in [-0.25, -0.2) is 8.42 Å². The van der Waals surface area contributed by atoms with Gasteiger partial charge in [-0.2, -0.15) is 16.1 Å². The third kappa shape index (κ3) is 1.49. The lowest BCUT2D eigenvalue weighted by molar-refractivity contribution is -0.108. The first-order chi connectivity index (χ1) is 6.62. The van der Waals surface area contributed by atoms with Crippen LogP contribution in [0.2, 0.25) is 0 Å². The summed E-state index contributed by atoms with van der Waals surface area (Å²) in [6, 6.07) is 0. The lowest BCUT2D eigenvalue weighted by atomic mass is 10.5. The van der Waals surface area contributed by atoms with E-state index in [0.717, 1.165) is 11.5 Å². The second-order valence-electron chi connectivity index (χ2n) is 3.70. The van der Waals surface area contributed by atoms with Crippen LogP contribution in [0.4, 0.5) is 0 Å². The second-order valence-corrected chi connectivity index (χ2v) is 7.20. The van der Waals surface area contributed by atoms with E-state index in [0.29, 0.717) is 32.2 Å². The first-order valence-electron chi connectivity index (χ1n) is 4.66. The van der Waals surface area contributed by atoms with Crippen LogP contribution in [0.25, 0.3) is 0 Å². The first-order valence-corrected chi connectivity index (χ1v) is 7.26. The van der Waals surface area contributed by atoms with Crippen molar-refractivity contribution < 1.29 is 13.2 Å². The summed E-state index contributed by atoms with van der Waals surface area (Å²) in [5, 5.41) is 0. The van der Waals surface area contributed by atoms with E-state index in [2.05, 4.69) is 0 Å². The Kier molecular flexibility index (Phi) is 2.61. The molecule has 0 unspecified atom stereocenters. The molecule has 2 rings (SSSR count). The molecule has 1 saturated carbocycles. The van der Waals surface area contributed by atoms with Crippen molar-refractivity contribution in [2.45, 2.75) is 17.6 Å². The number of rotatable bonds is 3. The molecule has 1 aliphatic carbocycles. The number of sulfonamides is 1. The average Bonchev–Trinajstić information content (AvgIpc) is 3.00. The fourth-order valence-electron chi connectivity index (χ4n) is 1.60. The molecule has 0 bridgehead atoms. The molecule has 6 heteroatoms. The van der Waals surface area contributed by atoms with Crippen LogP contribution in [-0.2, 0) is 14.8 Å². The smallest absolute Gasteiger partial charge is 0.226 e. The van der Waals surface area contributed by atoms with E-state index in [1.54, 1.807) is 11.8 Å². The van der Waals surface area contributed by atoms with Gasteiger partial charge in [0, 0.05) is 24.6 Å². The fourth-order valence-corrected chi connectivity index (χ4v) is 4.66. The Bertz CT molecular complexity index is 328. The molecule has 0 amide bonds. The Morgan fingerprint density at radius 3 is 2.21 bits per heavy atom. The van der Waals surface area contributed by atoms with E-state index in [9.17, 15) is 13.2 Å². The summed E-state index contributed by atoms with van der Waals surface area (Å²) in [5.74, 6) is 1.68. The molecular weight excluding hydrogens is 222 g/mol. The van der Waals surface area contributed by atoms with Gasteiger partial charge in [-0.1, -0.05) is 0 Å². The minimum Gasteiger partial charge on any atom is -0.302 e. The Morgan fingerprint density at radius 2 is 1.79 bits per heavy atom. The molecule has 0 radical (unpaired) electrons. The van der Waals surface area contributed by atoms with Crippen molar-refractivity contribution in [1.82, 2.24) is 4.31 Å². The van der Waals surface area contributed by atoms with E-state index in [1.807, 2.05) is 0 Å². The van der Waals surface area contributed by atoms with Gasteiger partial charge in [0.25, 0.3) is 0 Å². The number of nitrogens with zero attached hydrogens (tertiary/aromatic N) is 1.